The van der Waals surface area contributed by atoms with E-state index in [1.54, 1.807) is 0 Å². The van der Waals surface area contributed by atoms with Crippen LogP contribution in [0.2, 0.25) is 0 Å². The number of nitrogens with one attached hydrogen (secondary N) is 4. The number of H-pyrrole nitrogens is 2. The number of rotatable bonds is 9. The van der Waals surface area contributed by atoms with E-state index < -0.39 is 82.9 Å². The maximum atomic E-state index is 12.4. The van der Waals surface area contributed by atoms with Crippen LogP contribution in [0.25, 0.3) is 11.2 Å². The van der Waals surface area contributed by atoms with E-state index in [4.69, 9.17) is 38.1 Å². The predicted molar refractivity (Wildman–Crippen MR) is 159 cm³/mol. The molecule has 23 nitrogen and oxygen atoms in total. The van der Waals surface area contributed by atoms with Gasteiger partial charge in [0.05, 0.1) is 25.6 Å². The van der Waals surface area contributed by atoms with E-state index in [1.165, 1.54) is 0 Å². The van der Waals surface area contributed by atoms with Gasteiger partial charge in [-0.25, -0.2) is 9.29 Å². The third-order valence-electron chi connectivity index (χ3n) is 7.01. The van der Waals surface area contributed by atoms with Crippen LogP contribution in [0.5, 0.6) is 0 Å². The molecule has 10 N–H and O–H groups in total. The molecule has 3 aliphatic heterocycles. The zero-order valence-electron chi connectivity index (χ0n) is 23.1. The number of anilines is 4. The number of hydrogen-bond donors (Lipinski definition) is 9. The third-order valence-corrected chi connectivity index (χ3v) is 10.7. The Kier molecular flexibility index (Phi) is 8.88. The lowest BCUT2D eigenvalue weighted by Crippen LogP contribution is -2.52. The lowest BCUT2D eigenvalue weighted by molar-refractivity contribution is -0.246. The van der Waals surface area contributed by atoms with Crippen LogP contribution in [0.1, 0.15) is 6.23 Å². The van der Waals surface area contributed by atoms with Crippen LogP contribution in [0, 0.1) is 0 Å². The molecule has 6 rings (SSSR count). The molecule has 1 saturated heterocycles. The number of nitrogens with two attached hydrogens (primary N) is 2. The highest BCUT2D eigenvalue weighted by molar-refractivity contribution is 7.85. The lowest BCUT2D eigenvalue weighted by Gasteiger charge is -2.45. The summed E-state index contributed by atoms with van der Waals surface area (Å²) < 4.78 is 50.6. The summed E-state index contributed by atoms with van der Waals surface area (Å²) in [5, 5.41) is 26.6. The third kappa shape index (κ3) is 6.63. The number of aliphatic hydroxyl groups is 2. The molecule has 0 amide bonds. The number of nitrogen functional groups attached to an aromatic ring is 2. The van der Waals surface area contributed by atoms with Crippen LogP contribution < -0.4 is 43.0 Å². The molecule has 0 aliphatic carbocycles. The molecule has 3 aromatic heterocycles. The first-order valence-electron chi connectivity index (χ1n) is 13.1. The Morgan fingerprint density at radius 3 is 2.40 bits per heavy atom. The first-order valence-corrected chi connectivity index (χ1v) is 16.9. The van der Waals surface area contributed by atoms with Crippen LogP contribution in [0.15, 0.2) is 25.7 Å². The van der Waals surface area contributed by atoms with E-state index in [0.29, 0.717) is 0 Å². The number of thiol groups is 1. The van der Waals surface area contributed by atoms with Gasteiger partial charge in [0.2, 0.25) is 11.9 Å². The topological polar surface area (TPSA) is 352 Å². The molecule has 1 fully saturated rings. The van der Waals surface area contributed by atoms with Crippen LogP contribution >= 0.6 is 28.3 Å². The van der Waals surface area contributed by atoms with Crippen molar-refractivity contribution in [3.63, 3.8) is 0 Å². The van der Waals surface area contributed by atoms with Gasteiger partial charge in [-0.2, -0.15) is 14.9 Å². The van der Waals surface area contributed by atoms with Crippen LogP contribution in [-0.4, -0.2) is 89.6 Å². The van der Waals surface area contributed by atoms with Gasteiger partial charge in [-0.3, -0.25) is 33.3 Å². The molecule has 0 bridgehead atoms. The average molecular weight is 738 g/mol. The molecule has 0 spiro atoms. The van der Waals surface area contributed by atoms with Crippen molar-refractivity contribution in [3.8, 4) is 0 Å². The SMILES string of the molecule is Nc1nc2c(c(=O)[nH]1)N[C@H]1C(S)=C([S-])[C@@H](COP(=O)([O-])OP(=O)([O-])OC[C@H]3O[C@@H](n4cnc5c(=O)[nH]c(N)nc54)[C@H](O)[C@@H]3O)O[C@H]1N2. The number of phosphoric ester groups is 2. The molecular weight excluding hydrogens is 714 g/mol. The van der Waals surface area contributed by atoms with Gasteiger partial charge < -0.3 is 73.3 Å². The number of aliphatic hydroxyl groups excluding tert-OH is 2. The van der Waals surface area contributed by atoms with E-state index in [2.05, 4.69) is 57.0 Å². The van der Waals surface area contributed by atoms with Crippen molar-refractivity contribution in [1.82, 2.24) is 29.5 Å². The van der Waals surface area contributed by atoms with Crippen molar-refractivity contribution in [2.45, 2.75) is 42.9 Å². The minimum absolute atomic E-state index is 0.0256. The maximum absolute atomic E-state index is 12.4. The van der Waals surface area contributed by atoms with E-state index in [0.717, 1.165) is 10.9 Å². The van der Waals surface area contributed by atoms with Crippen LogP contribution in [0.3, 0.4) is 0 Å². The van der Waals surface area contributed by atoms with Crippen molar-refractivity contribution >= 4 is 75.5 Å². The normalized spacial score (nSPS) is 29.8. The van der Waals surface area contributed by atoms with Gasteiger partial charge in [-0.05, 0) is 4.91 Å². The fraction of sp³-hybridized carbons (Fsp3) is 0.450. The Labute approximate surface area is 271 Å². The summed E-state index contributed by atoms with van der Waals surface area (Å²) >= 11 is 9.66. The summed E-state index contributed by atoms with van der Waals surface area (Å²) in [7, 11) is -11.4. The molecule has 0 aromatic carbocycles. The maximum Gasteiger partial charge on any atom is 0.280 e. The Balaban J connectivity index is 1.06. The summed E-state index contributed by atoms with van der Waals surface area (Å²) in [6.07, 6.45) is -7.62. The van der Waals surface area contributed by atoms with Gasteiger partial charge in [-0.15, -0.1) is 12.6 Å². The summed E-state index contributed by atoms with van der Waals surface area (Å²) in [6, 6.07) is -0.789. The van der Waals surface area contributed by atoms with E-state index in [9.17, 15) is 38.7 Å². The number of nitrogens with zero attached hydrogens (tertiary/aromatic N) is 4. The number of hydrogen-bond acceptors (Lipinski definition) is 22. The molecule has 256 valence electrons. The number of phosphoric acid groups is 2. The smallest absolute Gasteiger partial charge is 0.280 e. The molecule has 0 radical (unpaired) electrons. The molecule has 0 saturated carbocycles. The van der Waals surface area contributed by atoms with Crippen molar-refractivity contribution in [3.05, 3.63) is 36.8 Å². The highest BCUT2D eigenvalue weighted by Crippen LogP contribution is 2.56. The van der Waals surface area contributed by atoms with E-state index >= 15 is 0 Å². The van der Waals surface area contributed by atoms with Gasteiger partial charge >= 0.3 is 0 Å². The first kappa shape index (κ1) is 33.7. The Morgan fingerprint density at radius 2 is 1.68 bits per heavy atom. The summed E-state index contributed by atoms with van der Waals surface area (Å²) in [6.45, 7) is -1.87. The molecule has 47 heavy (non-hydrogen) atoms. The first-order chi connectivity index (χ1) is 22.0. The predicted octanol–water partition coefficient (Wildman–Crippen LogP) is -3.71. The molecular formula is C20H23N10O13P2S2-3. The monoisotopic (exact) mass is 737 g/mol. The number of aromatic amines is 2. The van der Waals surface area contributed by atoms with Crippen molar-refractivity contribution in [1.29, 1.82) is 0 Å². The van der Waals surface area contributed by atoms with Gasteiger partial charge in [0.25, 0.3) is 26.8 Å². The minimum atomic E-state index is -5.70. The summed E-state index contributed by atoms with van der Waals surface area (Å²) in [5.74, 6) is -0.423. The molecule has 27 heteroatoms. The fourth-order valence-electron chi connectivity index (χ4n) is 4.89. The molecule has 6 heterocycles. The number of fused-ring (bicyclic) bond motifs is 3. The molecule has 3 aliphatic rings. The van der Waals surface area contributed by atoms with E-state index in [1.807, 2.05) is 0 Å². The number of imidazole rings is 1. The largest absolute Gasteiger partial charge is 0.781 e. The highest BCUT2D eigenvalue weighted by Gasteiger charge is 2.45. The molecule has 3 aromatic rings. The zero-order valence-corrected chi connectivity index (χ0v) is 26.6. The van der Waals surface area contributed by atoms with Crippen molar-refractivity contribution in [2.24, 2.45) is 0 Å². The molecule has 2 unspecified atom stereocenters. The second-order valence-electron chi connectivity index (χ2n) is 10.1. The highest BCUT2D eigenvalue weighted by atomic mass is 32.1. The second kappa shape index (κ2) is 12.4. The quantitative estimate of drug-likeness (QED) is 0.0579. The fourth-order valence-corrected chi connectivity index (χ4v) is 7.49. The Bertz CT molecular complexity index is 1970. The lowest BCUT2D eigenvalue weighted by atomic mass is 10.1. The standard InChI is InChI=1S/C20H26N10O13P2S2/c21-19-26-13-7(15(33)28-19)24-6-12(47)11(46)5(41-17(6)25-13)2-40-45(37,38)43-44(35,36)39-1-4-9(31)10(32)18(42-4)30-3-23-8-14(30)27-20(22)29-16(8)34/h3-6,9-10,17-18,24,31-32,46-47H,1-2H2,(H,35,36)(H,37,38)(H3,22,27,29,34)(H4,21,25,26,28,33)/p-3/t4-,5-,6+,9-,10-,17-,18-/m1/s1. The molecule has 9 atom stereocenters. The van der Waals surface area contributed by atoms with Crippen LogP contribution in [-0.2, 0) is 44.6 Å². The number of aromatic nitrogens is 6. The van der Waals surface area contributed by atoms with E-state index in [-0.39, 0.29) is 44.4 Å². The minimum Gasteiger partial charge on any atom is -0.781 e. The van der Waals surface area contributed by atoms with Gasteiger partial charge in [-0.1, -0.05) is 0 Å². The Hall–Kier alpha value is -3.16. The Morgan fingerprint density at radius 1 is 1.02 bits per heavy atom. The number of ether oxygens (including phenoxy) is 2. The van der Waals surface area contributed by atoms with Crippen molar-refractivity contribution in [2.75, 3.05) is 35.3 Å². The van der Waals surface area contributed by atoms with Gasteiger partial charge in [0, 0.05) is 0 Å². The average Bonchev–Trinajstić information content (AvgIpc) is 3.52. The van der Waals surface area contributed by atoms with Crippen molar-refractivity contribution < 1.29 is 52.0 Å². The van der Waals surface area contributed by atoms with Gasteiger partial charge in [0.1, 0.15) is 30.0 Å². The zero-order chi connectivity index (χ0) is 34.0. The summed E-state index contributed by atoms with van der Waals surface area (Å²) in [5.41, 5.74) is 9.62. The van der Waals surface area contributed by atoms with Gasteiger partial charge in [0.15, 0.2) is 29.4 Å². The van der Waals surface area contributed by atoms with Crippen LogP contribution in [0.4, 0.5) is 23.4 Å². The second-order valence-corrected chi connectivity index (χ2v) is 14.0. The summed E-state index contributed by atoms with van der Waals surface area (Å²) in [4.78, 5) is 65.6.